The Kier molecular flexibility index (Phi) is 4.13. The summed E-state index contributed by atoms with van der Waals surface area (Å²) >= 11 is 0. The topological polar surface area (TPSA) is 72.2 Å². The predicted octanol–water partition coefficient (Wildman–Crippen LogP) is 2.91. The van der Waals surface area contributed by atoms with Crippen LogP contribution in [-0.4, -0.2) is 8.42 Å². The van der Waals surface area contributed by atoms with Crippen LogP contribution in [0.15, 0.2) is 41.3 Å². The fraction of sp³-hybridized carbons (Fsp3) is 0.143. The third-order valence-electron chi connectivity index (χ3n) is 2.96. The lowest BCUT2D eigenvalue weighted by atomic mass is 10.1. The molecule has 0 atom stereocenters. The number of halogens is 2. The number of hydrogen-bond donors (Lipinski definition) is 2. The standard InChI is InChI=1S/C14H14F2N2O2S/c1-2-9-6-7-10(17)8-13(9)21(19,20)18-14-11(15)4-3-5-12(14)16/h3-8,18H,2,17H2,1H3. The minimum Gasteiger partial charge on any atom is -0.399 e. The van der Waals surface area contributed by atoms with Gasteiger partial charge in [0.05, 0.1) is 4.90 Å². The number of anilines is 2. The highest BCUT2D eigenvalue weighted by Gasteiger charge is 2.21. The van der Waals surface area contributed by atoms with E-state index in [0.717, 1.165) is 18.2 Å². The molecule has 0 bridgehead atoms. The maximum Gasteiger partial charge on any atom is 0.262 e. The zero-order valence-corrected chi connectivity index (χ0v) is 12.0. The van der Waals surface area contributed by atoms with Crippen molar-refractivity contribution in [3.05, 3.63) is 53.6 Å². The maximum atomic E-state index is 13.6. The van der Waals surface area contributed by atoms with Crippen molar-refractivity contribution < 1.29 is 17.2 Å². The molecule has 0 saturated heterocycles. The van der Waals surface area contributed by atoms with Gasteiger partial charge in [0.15, 0.2) is 0 Å². The summed E-state index contributed by atoms with van der Waals surface area (Å²) in [6, 6.07) is 7.51. The molecule has 0 spiro atoms. The first-order valence-electron chi connectivity index (χ1n) is 6.20. The van der Waals surface area contributed by atoms with Crippen LogP contribution in [0.1, 0.15) is 12.5 Å². The smallest absolute Gasteiger partial charge is 0.262 e. The molecule has 21 heavy (non-hydrogen) atoms. The highest BCUT2D eigenvalue weighted by Crippen LogP contribution is 2.25. The van der Waals surface area contributed by atoms with E-state index >= 15 is 0 Å². The van der Waals surface area contributed by atoms with Gasteiger partial charge in [0.25, 0.3) is 10.0 Å². The van der Waals surface area contributed by atoms with E-state index in [1.54, 1.807) is 19.1 Å². The molecule has 0 radical (unpaired) electrons. The largest absolute Gasteiger partial charge is 0.399 e. The average molecular weight is 312 g/mol. The lowest BCUT2D eigenvalue weighted by Gasteiger charge is -2.13. The first-order valence-corrected chi connectivity index (χ1v) is 7.68. The van der Waals surface area contributed by atoms with Gasteiger partial charge in [-0.15, -0.1) is 0 Å². The van der Waals surface area contributed by atoms with E-state index < -0.39 is 27.3 Å². The Hall–Kier alpha value is -2.15. The Morgan fingerprint density at radius 1 is 1.14 bits per heavy atom. The lowest BCUT2D eigenvalue weighted by molar-refractivity contribution is 0.582. The van der Waals surface area contributed by atoms with Gasteiger partial charge in [-0.1, -0.05) is 19.1 Å². The zero-order chi connectivity index (χ0) is 15.6. The summed E-state index contributed by atoms with van der Waals surface area (Å²) in [5, 5.41) is 0. The van der Waals surface area contributed by atoms with Crippen molar-refractivity contribution in [2.45, 2.75) is 18.2 Å². The van der Waals surface area contributed by atoms with Crippen LogP contribution in [0.25, 0.3) is 0 Å². The molecule has 112 valence electrons. The van der Waals surface area contributed by atoms with E-state index in [1.165, 1.54) is 6.07 Å². The van der Waals surface area contributed by atoms with E-state index in [1.807, 2.05) is 4.72 Å². The summed E-state index contributed by atoms with van der Waals surface area (Å²) in [7, 11) is -4.13. The minimum atomic E-state index is -4.13. The first kappa shape index (κ1) is 15.2. The molecule has 0 fully saturated rings. The molecule has 7 heteroatoms. The van der Waals surface area contributed by atoms with Crippen molar-refractivity contribution in [3.8, 4) is 0 Å². The highest BCUT2D eigenvalue weighted by atomic mass is 32.2. The van der Waals surface area contributed by atoms with Crippen LogP contribution >= 0.6 is 0 Å². The quantitative estimate of drug-likeness (QED) is 0.853. The van der Waals surface area contributed by atoms with E-state index in [9.17, 15) is 17.2 Å². The Labute approximate surface area is 121 Å². The van der Waals surface area contributed by atoms with Crippen LogP contribution < -0.4 is 10.5 Å². The van der Waals surface area contributed by atoms with Gasteiger partial charge < -0.3 is 5.73 Å². The van der Waals surface area contributed by atoms with Gasteiger partial charge >= 0.3 is 0 Å². The van der Waals surface area contributed by atoms with Crippen LogP contribution in [-0.2, 0) is 16.4 Å². The van der Waals surface area contributed by atoms with Crippen molar-refractivity contribution >= 4 is 21.4 Å². The second-order valence-corrected chi connectivity index (χ2v) is 6.07. The lowest BCUT2D eigenvalue weighted by Crippen LogP contribution is -2.17. The Bertz CT molecular complexity index is 756. The second-order valence-electron chi connectivity index (χ2n) is 4.42. The molecular formula is C14H14F2N2O2S. The summed E-state index contributed by atoms with van der Waals surface area (Å²) < 4.78 is 53.7. The fourth-order valence-electron chi connectivity index (χ4n) is 1.90. The van der Waals surface area contributed by atoms with Gasteiger partial charge in [-0.3, -0.25) is 4.72 Å². The Morgan fingerprint density at radius 2 is 1.76 bits per heavy atom. The molecule has 0 unspecified atom stereocenters. The summed E-state index contributed by atoms with van der Waals surface area (Å²) in [4.78, 5) is -0.0901. The normalized spacial score (nSPS) is 11.4. The molecule has 2 aromatic carbocycles. The predicted molar refractivity (Wildman–Crippen MR) is 77.4 cm³/mol. The van der Waals surface area contributed by atoms with Crippen LogP contribution in [0, 0.1) is 11.6 Å². The van der Waals surface area contributed by atoms with Crippen molar-refractivity contribution in [3.63, 3.8) is 0 Å². The number of para-hydroxylation sites is 1. The summed E-state index contributed by atoms with van der Waals surface area (Å²) in [5.74, 6) is -1.97. The first-order chi connectivity index (χ1) is 9.85. The molecule has 3 N–H and O–H groups in total. The molecule has 0 aliphatic rings. The maximum absolute atomic E-state index is 13.6. The Balaban J connectivity index is 2.51. The number of benzene rings is 2. The number of nitrogens with one attached hydrogen (secondary N) is 1. The fourth-order valence-corrected chi connectivity index (χ4v) is 3.32. The molecular weight excluding hydrogens is 298 g/mol. The van der Waals surface area contributed by atoms with Crippen molar-refractivity contribution in [2.24, 2.45) is 0 Å². The van der Waals surface area contributed by atoms with E-state index in [2.05, 4.69) is 0 Å². The molecule has 0 amide bonds. The number of nitrogens with two attached hydrogens (primary N) is 1. The van der Waals surface area contributed by atoms with Gasteiger partial charge in [-0.25, -0.2) is 17.2 Å². The zero-order valence-electron chi connectivity index (χ0n) is 11.2. The number of sulfonamides is 1. The second kappa shape index (κ2) is 5.69. The SMILES string of the molecule is CCc1ccc(N)cc1S(=O)(=O)Nc1c(F)cccc1F. The molecule has 4 nitrogen and oxygen atoms in total. The van der Waals surface area contributed by atoms with Gasteiger partial charge in [0, 0.05) is 5.69 Å². The van der Waals surface area contributed by atoms with Gasteiger partial charge in [0.2, 0.25) is 0 Å². The Morgan fingerprint density at radius 3 is 2.33 bits per heavy atom. The van der Waals surface area contributed by atoms with E-state index in [0.29, 0.717) is 12.0 Å². The molecule has 0 aromatic heterocycles. The van der Waals surface area contributed by atoms with Gasteiger partial charge in [-0.05, 0) is 36.2 Å². The molecule has 2 aromatic rings. The monoisotopic (exact) mass is 312 g/mol. The number of hydrogen-bond acceptors (Lipinski definition) is 3. The molecule has 0 heterocycles. The summed E-state index contributed by atoms with van der Waals surface area (Å²) in [6.07, 6.45) is 0.441. The number of rotatable bonds is 4. The van der Waals surface area contributed by atoms with Crippen molar-refractivity contribution in [1.29, 1.82) is 0 Å². The third-order valence-corrected chi connectivity index (χ3v) is 4.39. The van der Waals surface area contributed by atoms with Gasteiger partial charge in [-0.2, -0.15) is 0 Å². The van der Waals surface area contributed by atoms with E-state index in [-0.39, 0.29) is 10.6 Å². The van der Waals surface area contributed by atoms with Crippen LogP contribution in [0.4, 0.5) is 20.2 Å². The van der Waals surface area contributed by atoms with Crippen LogP contribution in [0.3, 0.4) is 0 Å². The van der Waals surface area contributed by atoms with Gasteiger partial charge in [0.1, 0.15) is 17.3 Å². The average Bonchev–Trinajstić information content (AvgIpc) is 2.43. The molecule has 0 saturated carbocycles. The summed E-state index contributed by atoms with van der Waals surface area (Å²) in [5.41, 5.74) is 5.64. The van der Waals surface area contributed by atoms with E-state index in [4.69, 9.17) is 5.73 Å². The van der Waals surface area contributed by atoms with Crippen LogP contribution in [0.5, 0.6) is 0 Å². The molecule has 0 aliphatic heterocycles. The molecule has 0 aliphatic carbocycles. The van der Waals surface area contributed by atoms with Crippen molar-refractivity contribution in [2.75, 3.05) is 10.5 Å². The highest BCUT2D eigenvalue weighted by molar-refractivity contribution is 7.92. The number of aryl methyl sites for hydroxylation is 1. The molecule has 2 rings (SSSR count). The third kappa shape index (κ3) is 3.13. The van der Waals surface area contributed by atoms with Crippen LogP contribution in [0.2, 0.25) is 0 Å². The summed E-state index contributed by atoms with van der Waals surface area (Å²) in [6.45, 7) is 1.77. The number of nitrogen functional groups attached to an aromatic ring is 1. The minimum absolute atomic E-state index is 0.0901. The van der Waals surface area contributed by atoms with Crippen molar-refractivity contribution in [1.82, 2.24) is 0 Å².